The second kappa shape index (κ2) is 11.2. The smallest absolute Gasteiger partial charge is 0.357 e. The van der Waals surface area contributed by atoms with Gasteiger partial charge in [0, 0.05) is 13.7 Å². The fourth-order valence-corrected chi connectivity index (χ4v) is 10.2. The topological polar surface area (TPSA) is 88.4 Å². The van der Waals surface area contributed by atoms with Gasteiger partial charge in [-0.2, -0.15) is 0 Å². The van der Waals surface area contributed by atoms with Gasteiger partial charge in [-0.3, -0.25) is 0 Å². The van der Waals surface area contributed by atoms with Crippen molar-refractivity contribution < 1.29 is 28.3 Å². The van der Waals surface area contributed by atoms with Crippen molar-refractivity contribution in [3.05, 3.63) is 30.3 Å². The van der Waals surface area contributed by atoms with Crippen molar-refractivity contribution in [2.45, 2.75) is 44.5 Å². The number of aliphatic hydroxyl groups excluding tert-OH is 2. The van der Waals surface area contributed by atoms with E-state index in [0.29, 0.717) is 12.7 Å². The lowest BCUT2D eigenvalue weighted by Gasteiger charge is -2.35. The SMILES string of the molecule is CCC[Si](CCCOCC(O)CO)(OC)O[Si](C)(O)c1ccccc1. The lowest BCUT2D eigenvalue weighted by Crippen LogP contribution is -2.58. The molecule has 8 heteroatoms. The molecule has 0 spiro atoms. The minimum absolute atomic E-state index is 0.114. The van der Waals surface area contributed by atoms with Crippen LogP contribution < -0.4 is 5.19 Å². The molecule has 0 aromatic heterocycles. The Bertz CT molecular complexity index is 473. The van der Waals surface area contributed by atoms with Crippen LogP contribution >= 0.6 is 0 Å². The summed E-state index contributed by atoms with van der Waals surface area (Å²) in [4.78, 5) is 11.0. The fourth-order valence-electron chi connectivity index (χ4n) is 2.74. The van der Waals surface area contributed by atoms with Gasteiger partial charge in [-0.05, 0) is 30.2 Å². The van der Waals surface area contributed by atoms with Gasteiger partial charge in [0.1, 0.15) is 6.10 Å². The molecule has 0 radical (unpaired) electrons. The van der Waals surface area contributed by atoms with E-state index in [1.165, 1.54) is 0 Å². The van der Waals surface area contributed by atoms with Gasteiger partial charge in [-0.1, -0.05) is 43.7 Å². The van der Waals surface area contributed by atoms with Gasteiger partial charge < -0.3 is 28.3 Å². The Hall–Kier alpha value is -0.586. The van der Waals surface area contributed by atoms with E-state index in [1.807, 2.05) is 30.3 Å². The lowest BCUT2D eigenvalue weighted by molar-refractivity contribution is 0.00615. The average molecular weight is 389 g/mol. The van der Waals surface area contributed by atoms with Gasteiger partial charge in [0.25, 0.3) is 0 Å². The summed E-state index contributed by atoms with van der Waals surface area (Å²) in [6.45, 7) is 4.13. The Labute approximate surface area is 152 Å². The van der Waals surface area contributed by atoms with E-state index in [-0.39, 0.29) is 13.2 Å². The number of hydrogen-bond donors (Lipinski definition) is 3. The molecule has 3 unspecified atom stereocenters. The zero-order valence-corrected chi connectivity index (χ0v) is 17.5. The molecule has 1 aromatic rings. The Morgan fingerprint density at radius 2 is 1.84 bits per heavy atom. The third kappa shape index (κ3) is 7.67. The highest BCUT2D eigenvalue weighted by atomic mass is 28.5. The molecule has 1 aromatic carbocycles. The largest absolute Gasteiger partial charge is 0.411 e. The van der Waals surface area contributed by atoms with Crippen LogP contribution in [-0.4, -0.2) is 65.2 Å². The van der Waals surface area contributed by atoms with Crippen LogP contribution in [0.4, 0.5) is 0 Å². The zero-order chi connectivity index (χ0) is 18.8. The summed E-state index contributed by atoms with van der Waals surface area (Å²) in [5.41, 5.74) is 0. The van der Waals surface area contributed by atoms with Crippen molar-refractivity contribution >= 4 is 22.3 Å². The van der Waals surface area contributed by atoms with Crippen molar-refractivity contribution in [3.8, 4) is 0 Å². The van der Waals surface area contributed by atoms with Gasteiger partial charge in [0.15, 0.2) is 0 Å². The molecule has 3 atom stereocenters. The van der Waals surface area contributed by atoms with Crippen molar-refractivity contribution in [1.29, 1.82) is 0 Å². The van der Waals surface area contributed by atoms with Crippen molar-refractivity contribution in [2.24, 2.45) is 0 Å². The predicted octanol–water partition coefficient (Wildman–Crippen LogP) is 1.23. The first-order valence-corrected chi connectivity index (χ1v) is 13.4. The molecule has 0 saturated carbocycles. The van der Waals surface area contributed by atoms with Crippen molar-refractivity contribution in [2.75, 3.05) is 26.9 Å². The first kappa shape index (κ1) is 22.5. The van der Waals surface area contributed by atoms with Crippen LogP contribution in [0.5, 0.6) is 0 Å². The summed E-state index contributed by atoms with van der Waals surface area (Å²) in [6.07, 6.45) is 0.795. The molecule has 0 aliphatic carbocycles. The first-order valence-electron chi connectivity index (χ1n) is 8.79. The molecule has 0 saturated heterocycles. The molecule has 144 valence electrons. The number of benzene rings is 1. The summed E-state index contributed by atoms with van der Waals surface area (Å²) < 4.78 is 17.5. The normalized spacial score (nSPS) is 17.7. The average Bonchev–Trinajstić information content (AvgIpc) is 2.61. The maximum absolute atomic E-state index is 11.0. The van der Waals surface area contributed by atoms with Gasteiger partial charge in [-0.15, -0.1) is 0 Å². The van der Waals surface area contributed by atoms with Gasteiger partial charge >= 0.3 is 17.1 Å². The number of hydrogen-bond acceptors (Lipinski definition) is 6. The van der Waals surface area contributed by atoms with Crippen LogP contribution in [-0.2, 0) is 13.3 Å². The monoisotopic (exact) mass is 388 g/mol. The minimum Gasteiger partial charge on any atom is -0.411 e. The highest BCUT2D eigenvalue weighted by Crippen LogP contribution is 2.25. The van der Waals surface area contributed by atoms with Crippen LogP contribution in [0.3, 0.4) is 0 Å². The number of ether oxygens (including phenoxy) is 1. The quantitative estimate of drug-likeness (QED) is 0.348. The van der Waals surface area contributed by atoms with Gasteiger partial charge in [0.2, 0.25) is 0 Å². The zero-order valence-electron chi connectivity index (χ0n) is 15.5. The highest BCUT2D eigenvalue weighted by molar-refractivity contribution is 6.87. The van der Waals surface area contributed by atoms with Crippen LogP contribution in [0.15, 0.2) is 30.3 Å². The summed E-state index contributed by atoms with van der Waals surface area (Å²) >= 11 is 0. The molecule has 0 fully saturated rings. The minimum atomic E-state index is -3.04. The molecule has 0 aliphatic heterocycles. The summed E-state index contributed by atoms with van der Waals surface area (Å²) in [5.74, 6) is 0. The standard InChI is InChI=1S/C17H32O6Si2/c1-4-12-25(21-2,13-8-11-22-15-16(19)14-18)23-24(3,20)17-9-6-5-7-10-17/h5-7,9-10,16,18-20H,4,8,11-15H2,1-3H3. The van der Waals surface area contributed by atoms with Crippen LogP contribution in [0.25, 0.3) is 0 Å². The van der Waals surface area contributed by atoms with E-state index in [2.05, 4.69) is 6.92 Å². The molecule has 6 nitrogen and oxygen atoms in total. The third-order valence-electron chi connectivity index (χ3n) is 4.06. The van der Waals surface area contributed by atoms with Crippen molar-refractivity contribution in [3.63, 3.8) is 0 Å². The molecular formula is C17H32O6Si2. The van der Waals surface area contributed by atoms with E-state index in [4.69, 9.17) is 18.4 Å². The van der Waals surface area contributed by atoms with E-state index >= 15 is 0 Å². The molecule has 25 heavy (non-hydrogen) atoms. The highest BCUT2D eigenvalue weighted by Gasteiger charge is 2.44. The Balaban J connectivity index is 2.68. The molecule has 1 rings (SSSR count). The van der Waals surface area contributed by atoms with Crippen LogP contribution in [0.2, 0.25) is 18.6 Å². The summed E-state index contributed by atoms with van der Waals surface area (Å²) in [7, 11) is -3.94. The molecule has 0 amide bonds. The Kier molecular flexibility index (Phi) is 10.1. The number of rotatable bonds is 13. The summed E-state index contributed by atoms with van der Waals surface area (Å²) in [6, 6.07) is 11.0. The molecule has 0 heterocycles. The van der Waals surface area contributed by atoms with E-state index in [1.54, 1.807) is 13.7 Å². The maximum Gasteiger partial charge on any atom is 0.357 e. The lowest BCUT2D eigenvalue weighted by atomic mass is 10.4. The predicted molar refractivity (Wildman–Crippen MR) is 102 cm³/mol. The molecule has 0 aliphatic rings. The molecule has 3 N–H and O–H groups in total. The van der Waals surface area contributed by atoms with Crippen LogP contribution in [0.1, 0.15) is 19.8 Å². The Morgan fingerprint density at radius 1 is 1.16 bits per heavy atom. The second-order valence-electron chi connectivity index (χ2n) is 6.33. The first-order chi connectivity index (χ1) is 11.9. The third-order valence-corrected chi connectivity index (χ3v) is 11.7. The van der Waals surface area contributed by atoms with Crippen LogP contribution in [0, 0.1) is 0 Å². The summed E-state index contributed by atoms with van der Waals surface area (Å²) in [5, 5.41) is 18.9. The van der Waals surface area contributed by atoms with E-state index in [9.17, 15) is 9.90 Å². The number of aliphatic hydroxyl groups is 2. The van der Waals surface area contributed by atoms with E-state index in [0.717, 1.165) is 24.1 Å². The second-order valence-corrected chi connectivity index (χ2v) is 12.9. The van der Waals surface area contributed by atoms with Gasteiger partial charge in [0.05, 0.1) is 13.2 Å². The molecule has 0 bridgehead atoms. The van der Waals surface area contributed by atoms with Crippen molar-refractivity contribution in [1.82, 2.24) is 0 Å². The molecular weight excluding hydrogens is 356 g/mol. The maximum atomic E-state index is 11.0. The fraction of sp³-hybridized carbons (Fsp3) is 0.647. The van der Waals surface area contributed by atoms with Gasteiger partial charge in [-0.25, -0.2) is 0 Å². The van der Waals surface area contributed by atoms with E-state index < -0.39 is 23.2 Å². The Morgan fingerprint density at radius 3 is 2.40 bits per heavy atom.